The molecule has 0 amide bonds. The largest absolute Gasteiger partial charge is 0.508 e. The monoisotopic (exact) mass is 224 g/mol. The fourth-order valence-electron chi connectivity index (χ4n) is 1.70. The predicted molar refractivity (Wildman–Crippen MR) is 60.0 cm³/mol. The van der Waals surface area contributed by atoms with Gasteiger partial charge in [-0.25, -0.2) is 0 Å². The minimum absolute atomic E-state index is 0.222. The summed E-state index contributed by atoms with van der Waals surface area (Å²) < 4.78 is 1.65. The van der Waals surface area contributed by atoms with Crippen molar-refractivity contribution in [1.82, 2.24) is 9.78 Å². The van der Waals surface area contributed by atoms with Crippen molar-refractivity contribution in [2.24, 2.45) is 7.05 Å². The fraction of sp³-hybridized carbons (Fsp3) is 0.364. The molecule has 2 rings (SSSR count). The fourth-order valence-corrected chi connectivity index (χ4v) is 1.85. The van der Waals surface area contributed by atoms with Gasteiger partial charge >= 0.3 is 0 Å². The van der Waals surface area contributed by atoms with E-state index in [9.17, 15) is 5.11 Å². The van der Waals surface area contributed by atoms with Crippen molar-refractivity contribution in [3.05, 3.63) is 40.4 Å². The number of rotatable bonds is 1. The van der Waals surface area contributed by atoms with Crippen LogP contribution < -0.4 is 0 Å². The zero-order chi connectivity index (χ0) is 11.0. The van der Waals surface area contributed by atoms with Crippen LogP contribution in [0, 0.1) is 0 Å². The van der Waals surface area contributed by atoms with Gasteiger partial charge in [-0.3, -0.25) is 4.68 Å². The van der Waals surface area contributed by atoms with Gasteiger partial charge in [-0.05, 0) is 31.1 Å². The molecule has 80 valence electrons. The van der Waals surface area contributed by atoms with E-state index in [1.54, 1.807) is 10.8 Å². The molecule has 0 aromatic carbocycles. The molecule has 15 heavy (non-hydrogen) atoms. The second-order valence-electron chi connectivity index (χ2n) is 3.85. The topological polar surface area (TPSA) is 38.0 Å². The van der Waals surface area contributed by atoms with Gasteiger partial charge in [0.1, 0.15) is 10.9 Å². The first-order valence-electron chi connectivity index (χ1n) is 4.84. The molecule has 0 saturated heterocycles. The first kappa shape index (κ1) is 10.3. The van der Waals surface area contributed by atoms with E-state index in [1.807, 2.05) is 26.1 Å². The van der Waals surface area contributed by atoms with E-state index < -0.39 is 0 Å². The van der Waals surface area contributed by atoms with Crippen LogP contribution in [0.4, 0.5) is 0 Å². The Bertz CT molecular complexity index is 426. The maximum absolute atomic E-state index is 9.44. The van der Waals surface area contributed by atoms with Crippen molar-refractivity contribution in [3.63, 3.8) is 0 Å². The molecule has 4 heteroatoms. The molecule has 1 N–H and O–H groups in total. The van der Waals surface area contributed by atoms with E-state index in [0.29, 0.717) is 10.9 Å². The Morgan fingerprint density at radius 1 is 1.60 bits per heavy atom. The van der Waals surface area contributed by atoms with Crippen LogP contribution in [-0.2, 0) is 7.05 Å². The average molecular weight is 225 g/mol. The van der Waals surface area contributed by atoms with E-state index in [1.165, 1.54) is 0 Å². The zero-order valence-corrected chi connectivity index (χ0v) is 9.49. The quantitative estimate of drug-likeness (QED) is 0.797. The summed E-state index contributed by atoms with van der Waals surface area (Å²) in [7, 11) is 1.82. The average Bonchev–Trinajstić information content (AvgIpc) is 2.52. The third-order valence-corrected chi connectivity index (χ3v) is 3.02. The Morgan fingerprint density at radius 3 is 2.87 bits per heavy atom. The molecule has 1 unspecified atom stereocenters. The highest BCUT2D eigenvalue weighted by molar-refractivity contribution is 6.29. The lowest BCUT2D eigenvalue weighted by Crippen LogP contribution is -2.04. The van der Waals surface area contributed by atoms with Gasteiger partial charge in [-0.2, -0.15) is 5.10 Å². The number of aliphatic hydroxyl groups is 1. The van der Waals surface area contributed by atoms with Crippen molar-refractivity contribution in [1.29, 1.82) is 0 Å². The molecule has 0 spiro atoms. The highest BCUT2D eigenvalue weighted by Gasteiger charge is 2.18. The van der Waals surface area contributed by atoms with Gasteiger partial charge in [0, 0.05) is 13.0 Å². The predicted octanol–water partition coefficient (Wildman–Crippen LogP) is 2.95. The molecule has 1 aliphatic carbocycles. The lowest BCUT2D eigenvalue weighted by Gasteiger charge is -2.15. The Morgan fingerprint density at radius 2 is 2.33 bits per heavy atom. The SMILES string of the molecule is CC1=C(O)C=CC(c2cc(Cl)n(C)n2)C1. The van der Waals surface area contributed by atoms with Crippen LogP contribution in [-0.4, -0.2) is 14.9 Å². The molecule has 1 atom stereocenters. The number of allylic oxidation sites excluding steroid dienone is 3. The lowest BCUT2D eigenvalue weighted by atomic mass is 9.92. The van der Waals surface area contributed by atoms with Gasteiger partial charge < -0.3 is 5.11 Å². The summed E-state index contributed by atoms with van der Waals surface area (Å²) in [5.41, 5.74) is 1.94. The molecular formula is C11H13ClN2O. The maximum atomic E-state index is 9.44. The molecule has 1 aromatic heterocycles. The summed E-state index contributed by atoms with van der Waals surface area (Å²) in [5.74, 6) is 0.591. The van der Waals surface area contributed by atoms with E-state index in [-0.39, 0.29) is 5.92 Å². The lowest BCUT2D eigenvalue weighted by molar-refractivity contribution is 0.417. The Hall–Kier alpha value is -1.22. The van der Waals surface area contributed by atoms with Crippen LogP contribution >= 0.6 is 11.6 Å². The van der Waals surface area contributed by atoms with E-state index in [2.05, 4.69) is 5.10 Å². The van der Waals surface area contributed by atoms with Crippen LogP contribution in [0.15, 0.2) is 29.6 Å². The molecule has 0 fully saturated rings. The molecule has 1 heterocycles. The summed E-state index contributed by atoms with van der Waals surface area (Å²) in [4.78, 5) is 0. The van der Waals surface area contributed by atoms with Crippen molar-refractivity contribution >= 4 is 11.6 Å². The number of nitrogens with zero attached hydrogens (tertiary/aromatic N) is 2. The summed E-state index contributed by atoms with van der Waals surface area (Å²) in [6.45, 7) is 1.93. The second kappa shape index (κ2) is 3.74. The first-order valence-corrected chi connectivity index (χ1v) is 5.22. The summed E-state index contributed by atoms with van der Waals surface area (Å²) in [6.07, 6.45) is 4.49. The minimum atomic E-state index is 0.222. The summed E-state index contributed by atoms with van der Waals surface area (Å²) in [6, 6.07) is 1.87. The van der Waals surface area contributed by atoms with Crippen molar-refractivity contribution in [2.45, 2.75) is 19.3 Å². The zero-order valence-electron chi connectivity index (χ0n) is 8.74. The number of aliphatic hydroxyl groups excluding tert-OH is 1. The number of aryl methyl sites for hydroxylation is 1. The van der Waals surface area contributed by atoms with Crippen molar-refractivity contribution < 1.29 is 5.11 Å². The highest BCUT2D eigenvalue weighted by Crippen LogP contribution is 2.30. The van der Waals surface area contributed by atoms with Crippen LogP contribution in [0.3, 0.4) is 0 Å². The number of halogens is 1. The highest BCUT2D eigenvalue weighted by atomic mass is 35.5. The Kier molecular flexibility index (Phi) is 2.57. The standard InChI is InChI=1S/C11H13ClN2O/c1-7-5-8(3-4-10(7)15)9-6-11(12)14(2)13-9/h3-4,6,8,15H,5H2,1-2H3. The van der Waals surface area contributed by atoms with Crippen LogP contribution in [0.5, 0.6) is 0 Å². The van der Waals surface area contributed by atoms with E-state index in [4.69, 9.17) is 11.6 Å². The number of hydrogen-bond acceptors (Lipinski definition) is 2. The van der Waals surface area contributed by atoms with Gasteiger partial charge in [-0.1, -0.05) is 17.7 Å². The molecule has 0 bridgehead atoms. The number of aromatic nitrogens is 2. The maximum Gasteiger partial charge on any atom is 0.126 e. The first-order chi connectivity index (χ1) is 7.08. The van der Waals surface area contributed by atoms with Crippen LogP contribution in [0.2, 0.25) is 5.15 Å². The van der Waals surface area contributed by atoms with Crippen molar-refractivity contribution in [2.75, 3.05) is 0 Å². The van der Waals surface area contributed by atoms with E-state index in [0.717, 1.165) is 17.7 Å². The second-order valence-corrected chi connectivity index (χ2v) is 4.24. The number of hydrogen-bond donors (Lipinski definition) is 1. The summed E-state index contributed by atoms with van der Waals surface area (Å²) in [5, 5.41) is 14.4. The smallest absolute Gasteiger partial charge is 0.126 e. The van der Waals surface area contributed by atoms with Gasteiger partial charge in [-0.15, -0.1) is 0 Å². The van der Waals surface area contributed by atoms with Gasteiger partial charge in [0.15, 0.2) is 0 Å². The van der Waals surface area contributed by atoms with Crippen LogP contribution in [0.25, 0.3) is 0 Å². The van der Waals surface area contributed by atoms with Crippen molar-refractivity contribution in [3.8, 4) is 0 Å². The van der Waals surface area contributed by atoms with Gasteiger partial charge in [0.05, 0.1) is 5.69 Å². The van der Waals surface area contributed by atoms with Crippen LogP contribution in [0.1, 0.15) is 25.0 Å². The third kappa shape index (κ3) is 1.92. The Labute approximate surface area is 93.7 Å². The van der Waals surface area contributed by atoms with Gasteiger partial charge in [0.25, 0.3) is 0 Å². The molecule has 0 radical (unpaired) electrons. The summed E-state index contributed by atoms with van der Waals surface area (Å²) >= 11 is 5.93. The molecule has 0 saturated carbocycles. The molecule has 3 nitrogen and oxygen atoms in total. The normalized spacial score (nSPS) is 21.1. The van der Waals surface area contributed by atoms with E-state index >= 15 is 0 Å². The minimum Gasteiger partial charge on any atom is -0.508 e. The molecule has 1 aliphatic rings. The van der Waals surface area contributed by atoms with Gasteiger partial charge in [0.2, 0.25) is 0 Å². The molecule has 1 aromatic rings. The molecule has 0 aliphatic heterocycles. The molecular weight excluding hydrogens is 212 g/mol. The Balaban J connectivity index is 2.25. The third-order valence-electron chi connectivity index (χ3n) is 2.67.